The zero-order valence-corrected chi connectivity index (χ0v) is 49.4. The van der Waals surface area contributed by atoms with Gasteiger partial charge in [0.05, 0.1) is 28.4 Å². The van der Waals surface area contributed by atoms with E-state index in [1.54, 1.807) is 28.4 Å². The summed E-state index contributed by atoms with van der Waals surface area (Å²) in [5, 5.41) is 0. The predicted octanol–water partition coefficient (Wildman–Crippen LogP) is 18.2. The molecule has 0 saturated carbocycles. The fourth-order valence-corrected chi connectivity index (χ4v) is 10.5. The van der Waals surface area contributed by atoms with Crippen molar-refractivity contribution < 1.29 is 50.8 Å². The Morgan fingerprint density at radius 3 is 0.947 bits per heavy atom. The second-order valence-corrected chi connectivity index (χ2v) is 23.1. The molecular formula is C62H80O11P2. The van der Waals surface area contributed by atoms with E-state index < -0.39 is 33.6 Å². The van der Waals surface area contributed by atoms with Crippen LogP contribution in [0.1, 0.15) is 137 Å². The smallest absolute Gasteiger partial charge is 0.493 e. The predicted molar refractivity (Wildman–Crippen MR) is 306 cm³/mol. The molecule has 0 amide bonds. The third kappa shape index (κ3) is 13.3. The van der Waals surface area contributed by atoms with Gasteiger partial charge in [0.2, 0.25) is 0 Å². The van der Waals surface area contributed by atoms with Crippen molar-refractivity contribution in [1.29, 1.82) is 0 Å². The monoisotopic (exact) mass is 1060 g/mol. The molecule has 11 nitrogen and oxygen atoms in total. The van der Waals surface area contributed by atoms with Gasteiger partial charge in [0.25, 0.3) is 0 Å². The Balaban J connectivity index is 1.83. The Bertz CT molecular complexity index is 2780. The molecular weight excluding hydrogens is 983 g/mol. The lowest BCUT2D eigenvalue weighted by Crippen LogP contribution is -2.28. The van der Waals surface area contributed by atoms with Crippen LogP contribution in [0, 0.1) is 13.8 Å². The van der Waals surface area contributed by atoms with Crippen LogP contribution in [0.2, 0.25) is 0 Å². The van der Waals surface area contributed by atoms with Gasteiger partial charge < -0.3 is 50.8 Å². The van der Waals surface area contributed by atoms with Crippen molar-refractivity contribution in [2.75, 3.05) is 28.4 Å². The van der Waals surface area contributed by atoms with Crippen LogP contribution in [-0.2, 0) is 16.2 Å². The van der Waals surface area contributed by atoms with Gasteiger partial charge in [0.1, 0.15) is 22.8 Å². The summed E-state index contributed by atoms with van der Waals surface area (Å²) in [5.74, 6) is 5.62. The van der Waals surface area contributed by atoms with Gasteiger partial charge in [-0.25, -0.2) is 0 Å². The van der Waals surface area contributed by atoms with Gasteiger partial charge in [-0.05, 0) is 135 Å². The minimum Gasteiger partial charge on any atom is -0.493 e. The number of rotatable bonds is 26. The largest absolute Gasteiger partial charge is 0.530 e. The van der Waals surface area contributed by atoms with Crippen LogP contribution in [0.4, 0.5) is 0 Å². The summed E-state index contributed by atoms with van der Waals surface area (Å²) in [4.78, 5) is 0. The fraction of sp³-hybridized carbons (Fsp3) is 0.419. The van der Waals surface area contributed by atoms with Gasteiger partial charge in [-0.15, -0.1) is 0 Å². The Morgan fingerprint density at radius 1 is 0.347 bits per heavy atom. The van der Waals surface area contributed by atoms with Crippen LogP contribution in [0.25, 0.3) is 11.1 Å². The Morgan fingerprint density at radius 2 is 0.640 bits per heavy atom. The molecule has 0 atom stereocenters. The van der Waals surface area contributed by atoms with E-state index in [1.165, 1.54) is 0 Å². The van der Waals surface area contributed by atoms with E-state index in [0.717, 1.165) is 64.6 Å². The molecule has 0 aromatic heterocycles. The van der Waals surface area contributed by atoms with Crippen LogP contribution < -0.4 is 50.8 Å². The summed E-state index contributed by atoms with van der Waals surface area (Å²) in [6, 6.07) is 34.4. The average molecular weight is 1060 g/mol. The zero-order chi connectivity index (χ0) is 54.9. The lowest BCUT2D eigenvalue weighted by molar-refractivity contribution is 0.104. The van der Waals surface area contributed by atoms with Crippen molar-refractivity contribution in [2.45, 2.75) is 144 Å². The standard InChI is InChI=1S/C62H80O11P2/c1-19-59(7,8)43-39-44(60(9,10)20-2)57(72-74(68-50-35-27-23-31-46(50)63-15)69-51-36-28-24-32-47(51)64-16)55(41(43)5)56-42(6)54(67-62(13,14)22-4)40-45(61(11,12)21-3)58(56)73-75(70-52-37-29-25-33-48(52)65-17)71-53-38-30-26-34-49(53)66-18/h23-40H,19-22H2,1-18H3. The van der Waals surface area contributed by atoms with E-state index in [4.69, 9.17) is 50.8 Å². The highest BCUT2D eigenvalue weighted by molar-refractivity contribution is 7.43. The molecule has 75 heavy (non-hydrogen) atoms. The first-order valence-electron chi connectivity index (χ1n) is 25.9. The van der Waals surface area contributed by atoms with Gasteiger partial charge in [-0.1, -0.05) is 124 Å². The molecule has 0 aliphatic heterocycles. The minimum atomic E-state index is -2.36. The van der Waals surface area contributed by atoms with Crippen molar-refractivity contribution in [3.63, 3.8) is 0 Å². The van der Waals surface area contributed by atoms with Gasteiger partial charge in [-0.2, -0.15) is 0 Å². The second kappa shape index (κ2) is 24.8. The highest BCUT2D eigenvalue weighted by atomic mass is 31.2. The molecule has 6 rings (SSSR count). The minimum absolute atomic E-state index is 0.298. The average Bonchev–Trinajstić information content (AvgIpc) is 3.41. The van der Waals surface area contributed by atoms with Crippen LogP contribution in [0.3, 0.4) is 0 Å². The molecule has 13 heteroatoms. The second-order valence-electron chi connectivity index (χ2n) is 21.1. The fourth-order valence-electron chi connectivity index (χ4n) is 8.40. The lowest BCUT2D eigenvalue weighted by atomic mass is 9.71. The van der Waals surface area contributed by atoms with E-state index in [2.05, 4.69) is 109 Å². The van der Waals surface area contributed by atoms with E-state index in [0.29, 0.717) is 63.2 Å². The summed E-state index contributed by atoms with van der Waals surface area (Å²) < 4.78 is 73.4. The molecule has 0 aliphatic rings. The molecule has 0 radical (unpaired) electrons. The number of hydrogen-bond donors (Lipinski definition) is 0. The third-order valence-electron chi connectivity index (χ3n) is 14.7. The molecule has 0 unspecified atom stereocenters. The molecule has 0 aliphatic carbocycles. The van der Waals surface area contributed by atoms with Gasteiger partial charge >= 0.3 is 17.2 Å². The molecule has 0 N–H and O–H groups in total. The molecule has 0 bridgehead atoms. The van der Waals surface area contributed by atoms with Crippen LogP contribution >= 0.6 is 17.2 Å². The van der Waals surface area contributed by atoms with E-state index >= 15 is 0 Å². The molecule has 404 valence electrons. The number of para-hydroxylation sites is 8. The highest BCUT2D eigenvalue weighted by Crippen LogP contribution is 2.60. The summed E-state index contributed by atoms with van der Waals surface area (Å²) >= 11 is 0. The van der Waals surface area contributed by atoms with Crippen molar-refractivity contribution >= 4 is 17.2 Å². The Labute approximate surface area is 450 Å². The first-order chi connectivity index (χ1) is 35.6. The number of ether oxygens (including phenoxy) is 5. The van der Waals surface area contributed by atoms with Crippen molar-refractivity contribution in [3.05, 3.63) is 137 Å². The molecule has 6 aromatic carbocycles. The van der Waals surface area contributed by atoms with Crippen LogP contribution in [0.15, 0.2) is 109 Å². The van der Waals surface area contributed by atoms with Crippen molar-refractivity contribution in [3.8, 4) is 74.4 Å². The number of hydrogen-bond acceptors (Lipinski definition) is 11. The van der Waals surface area contributed by atoms with E-state index in [-0.39, 0.29) is 5.41 Å². The topological polar surface area (TPSA) is 102 Å². The Kier molecular flexibility index (Phi) is 19.2. The molecule has 0 heterocycles. The molecule has 0 fully saturated rings. The SMILES string of the molecule is CCC(C)(C)Oc1cc(C(C)(C)CC)c(OP(Oc2ccccc2OC)Oc2ccccc2OC)c(-c2c(C)c(C(C)(C)CC)cc(C(C)(C)CC)c2OP(Oc2ccccc2OC)Oc2ccccc2OC)c1C. The van der Waals surface area contributed by atoms with Crippen LogP contribution in [-0.4, -0.2) is 34.0 Å². The van der Waals surface area contributed by atoms with Crippen molar-refractivity contribution in [2.24, 2.45) is 0 Å². The quantitative estimate of drug-likeness (QED) is 0.0485. The lowest BCUT2D eigenvalue weighted by Gasteiger charge is -2.37. The summed E-state index contributed by atoms with van der Waals surface area (Å²) in [5.41, 5.74) is 4.54. The number of methoxy groups -OCH3 is 4. The number of benzene rings is 6. The molecule has 6 aromatic rings. The first-order valence-corrected chi connectivity index (χ1v) is 28.1. The first kappa shape index (κ1) is 58.2. The van der Waals surface area contributed by atoms with Crippen molar-refractivity contribution in [1.82, 2.24) is 0 Å². The summed E-state index contributed by atoms with van der Waals surface area (Å²) in [6.07, 6.45) is 3.12. The highest BCUT2D eigenvalue weighted by Gasteiger charge is 2.40. The van der Waals surface area contributed by atoms with Crippen LogP contribution in [0.5, 0.6) is 63.2 Å². The zero-order valence-electron chi connectivity index (χ0n) is 47.6. The third-order valence-corrected chi connectivity index (χ3v) is 16.7. The van der Waals surface area contributed by atoms with Gasteiger partial charge in [0.15, 0.2) is 46.0 Å². The molecule has 0 spiro atoms. The van der Waals surface area contributed by atoms with Gasteiger partial charge in [0, 0.05) is 27.8 Å². The summed E-state index contributed by atoms with van der Waals surface area (Å²) in [6.45, 7) is 30.8. The normalized spacial score (nSPS) is 12.1. The summed E-state index contributed by atoms with van der Waals surface area (Å²) in [7, 11) is 1.75. The van der Waals surface area contributed by atoms with E-state index in [1.807, 2.05) is 97.1 Å². The maximum atomic E-state index is 7.61. The molecule has 0 saturated heterocycles. The maximum absolute atomic E-state index is 7.61. The Hall–Kier alpha value is -6.02. The van der Waals surface area contributed by atoms with E-state index in [9.17, 15) is 0 Å². The van der Waals surface area contributed by atoms with Gasteiger partial charge in [-0.3, -0.25) is 0 Å². The maximum Gasteiger partial charge on any atom is 0.530 e.